The highest BCUT2D eigenvalue weighted by molar-refractivity contribution is 5.96. The summed E-state index contributed by atoms with van der Waals surface area (Å²) in [5.74, 6) is -0.391. The Morgan fingerprint density at radius 2 is 1.80 bits per heavy atom. The lowest BCUT2D eigenvalue weighted by molar-refractivity contribution is -0.137. The second-order valence-electron chi connectivity index (χ2n) is 11.1. The first-order chi connectivity index (χ1) is 19.4. The van der Waals surface area contributed by atoms with Gasteiger partial charge in [0, 0.05) is 31.6 Å². The van der Waals surface area contributed by atoms with Crippen LogP contribution in [0.3, 0.4) is 0 Å². The van der Waals surface area contributed by atoms with Gasteiger partial charge < -0.3 is 14.7 Å². The Kier molecular flexibility index (Phi) is 9.12. The van der Waals surface area contributed by atoms with Crippen LogP contribution in [-0.2, 0) is 24.3 Å². The molecule has 3 aromatic rings. The van der Waals surface area contributed by atoms with Crippen LogP contribution in [0.15, 0.2) is 66.7 Å². The van der Waals surface area contributed by atoms with Crippen molar-refractivity contribution in [2.24, 2.45) is 5.92 Å². The summed E-state index contributed by atoms with van der Waals surface area (Å²) in [7, 11) is 0. The fraction of sp³-hybridized carbons (Fsp3) is 0.394. The summed E-state index contributed by atoms with van der Waals surface area (Å²) < 4.78 is 20.0. The van der Waals surface area contributed by atoms with Gasteiger partial charge in [0.15, 0.2) is 0 Å². The number of aliphatic carboxylic acids is 1. The molecule has 0 aromatic heterocycles. The molecule has 5 rings (SSSR count). The minimum absolute atomic E-state index is 0.00409. The number of carboxylic acids is 1. The molecule has 7 heteroatoms. The van der Waals surface area contributed by atoms with Crippen molar-refractivity contribution in [3.05, 3.63) is 100 Å². The van der Waals surface area contributed by atoms with Crippen LogP contribution < -0.4 is 4.74 Å². The molecule has 1 fully saturated rings. The molecule has 1 N–H and O–H groups in total. The number of hydrogen-bond donors (Lipinski definition) is 1. The molecule has 0 atom stereocenters. The van der Waals surface area contributed by atoms with Gasteiger partial charge in [-0.2, -0.15) is 0 Å². The highest BCUT2D eigenvalue weighted by Gasteiger charge is 2.24. The van der Waals surface area contributed by atoms with Crippen LogP contribution in [0.5, 0.6) is 5.75 Å². The van der Waals surface area contributed by atoms with Crippen molar-refractivity contribution in [1.29, 1.82) is 0 Å². The van der Waals surface area contributed by atoms with Crippen LogP contribution in [0.4, 0.5) is 4.39 Å². The fourth-order valence-electron chi connectivity index (χ4n) is 5.41. The van der Waals surface area contributed by atoms with E-state index in [9.17, 15) is 19.1 Å². The van der Waals surface area contributed by atoms with E-state index in [4.69, 9.17) is 4.74 Å². The largest absolute Gasteiger partial charge is 0.493 e. The summed E-state index contributed by atoms with van der Waals surface area (Å²) >= 11 is 0. The molecule has 6 nitrogen and oxygen atoms in total. The van der Waals surface area contributed by atoms with Crippen molar-refractivity contribution in [2.75, 3.05) is 26.2 Å². The van der Waals surface area contributed by atoms with Crippen molar-refractivity contribution in [3.8, 4) is 5.75 Å². The third-order valence-corrected chi connectivity index (χ3v) is 7.56. The molecule has 0 saturated heterocycles. The van der Waals surface area contributed by atoms with Crippen molar-refractivity contribution in [3.63, 3.8) is 0 Å². The molecule has 2 aliphatic rings. The van der Waals surface area contributed by atoms with Gasteiger partial charge in [0.2, 0.25) is 0 Å². The Morgan fingerprint density at radius 1 is 0.975 bits per heavy atom. The van der Waals surface area contributed by atoms with Crippen molar-refractivity contribution in [1.82, 2.24) is 9.80 Å². The topological polar surface area (TPSA) is 70.1 Å². The zero-order chi connectivity index (χ0) is 27.9. The number of carboxylic acid groups (broad SMARTS) is 1. The zero-order valence-electron chi connectivity index (χ0n) is 22.9. The maximum atomic E-state index is 13.8. The van der Waals surface area contributed by atoms with Crippen LogP contribution in [0.1, 0.15) is 64.7 Å². The smallest absolute Gasteiger partial charge is 0.323 e. The molecule has 1 amide bonds. The number of hydrogen-bond acceptors (Lipinski definition) is 4. The molecule has 2 bridgehead atoms. The predicted molar refractivity (Wildman–Crippen MR) is 152 cm³/mol. The number of carbonyl (C=O) groups is 2. The quantitative estimate of drug-likeness (QED) is 0.400. The lowest BCUT2D eigenvalue weighted by Crippen LogP contribution is -2.35. The lowest BCUT2D eigenvalue weighted by Gasteiger charge is -2.23. The first kappa shape index (κ1) is 27.8. The van der Waals surface area contributed by atoms with Crippen LogP contribution in [0.25, 0.3) is 0 Å². The van der Waals surface area contributed by atoms with Gasteiger partial charge in [-0.25, -0.2) is 4.39 Å². The van der Waals surface area contributed by atoms with Crippen LogP contribution in [-0.4, -0.2) is 53.0 Å². The Balaban J connectivity index is 1.40. The molecule has 1 aliphatic heterocycles. The van der Waals surface area contributed by atoms with E-state index in [1.54, 1.807) is 18.2 Å². The van der Waals surface area contributed by atoms with Crippen molar-refractivity contribution >= 4 is 11.9 Å². The predicted octanol–water partition coefficient (Wildman–Crippen LogP) is 5.92. The van der Waals surface area contributed by atoms with Crippen molar-refractivity contribution < 1.29 is 23.8 Å². The molecule has 1 aliphatic carbocycles. The van der Waals surface area contributed by atoms with E-state index >= 15 is 0 Å². The Labute approximate surface area is 235 Å². The zero-order valence-corrected chi connectivity index (χ0v) is 22.9. The first-order valence-corrected chi connectivity index (χ1v) is 14.2. The molecular formula is C33H37FN2O4. The maximum absolute atomic E-state index is 13.8. The van der Waals surface area contributed by atoms with Gasteiger partial charge in [-0.3, -0.25) is 14.5 Å². The van der Waals surface area contributed by atoms with Gasteiger partial charge in [0.05, 0.1) is 6.61 Å². The van der Waals surface area contributed by atoms with Gasteiger partial charge in [-0.1, -0.05) is 36.4 Å². The summed E-state index contributed by atoms with van der Waals surface area (Å²) in [6, 6.07) is 19.8. The second-order valence-corrected chi connectivity index (χ2v) is 11.1. The average molecular weight is 545 g/mol. The number of amides is 1. The van der Waals surface area contributed by atoms with E-state index in [0.717, 1.165) is 61.7 Å². The van der Waals surface area contributed by atoms with Gasteiger partial charge in [0.1, 0.15) is 18.1 Å². The third kappa shape index (κ3) is 7.92. The van der Waals surface area contributed by atoms with E-state index in [0.29, 0.717) is 24.2 Å². The van der Waals surface area contributed by atoms with Crippen LogP contribution in [0, 0.1) is 11.7 Å². The Hall–Kier alpha value is -3.71. The molecule has 0 spiro atoms. The van der Waals surface area contributed by atoms with Crippen LogP contribution in [0.2, 0.25) is 0 Å². The average Bonchev–Trinajstić information content (AvgIpc) is 3.74. The number of fused-ring (bicyclic) bond motifs is 3. The molecule has 3 aromatic carbocycles. The molecule has 0 unspecified atom stereocenters. The fourth-order valence-corrected chi connectivity index (χ4v) is 5.41. The number of halogens is 1. The minimum atomic E-state index is -1.13. The molecule has 1 saturated carbocycles. The summed E-state index contributed by atoms with van der Waals surface area (Å²) in [6.45, 7) is 3.32. The number of ether oxygens (including phenoxy) is 1. The Bertz CT molecular complexity index is 1340. The molecule has 210 valence electrons. The maximum Gasteiger partial charge on any atom is 0.323 e. The number of rotatable bonds is 7. The van der Waals surface area contributed by atoms with Gasteiger partial charge in [0.25, 0.3) is 5.91 Å². The normalized spacial score (nSPS) is 16.3. The number of nitrogens with zero attached hydrogens (tertiary/aromatic N) is 2. The Morgan fingerprint density at radius 3 is 2.60 bits per heavy atom. The van der Waals surface area contributed by atoms with Gasteiger partial charge in [-0.05, 0) is 97.2 Å². The summed E-state index contributed by atoms with van der Waals surface area (Å²) in [5.41, 5.74) is 4.22. The molecular weight excluding hydrogens is 507 g/mol. The summed E-state index contributed by atoms with van der Waals surface area (Å²) in [4.78, 5) is 29.0. The third-order valence-electron chi connectivity index (χ3n) is 7.56. The highest BCUT2D eigenvalue weighted by Crippen LogP contribution is 2.31. The summed E-state index contributed by atoms with van der Waals surface area (Å²) in [6.07, 6.45) is 6.47. The molecule has 40 heavy (non-hydrogen) atoms. The monoisotopic (exact) mass is 544 g/mol. The highest BCUT2D eigenvalue weighted by atomic mass is 19.1. The van der Waals surface area contributed by atoms with Crippen LogP contribution >= 0.6 is 0 Å². The molecule has 1 heterocycles. The van der Waals surface area contributed by atoms with E-state index in [-0.39, 0.29) is 6.54 Å². The van der Waals surface area contributed by atoms with E-state index in [1.807, 2.05) is 12.1 Å². The first-order valence-electron chi connectivity index (χ1n) is 14.2. The number of benzene rings is 3. The SMILES string of the molecule is O=C(O)CN(Cc1cccc(F)c1)C(=O)c1ccc2c(c1)Cc1cccc(c1)CN(CC1CC1)CCCCCO2. The van der Waals surface area contributed by atoms with E-state index in [1.165, 1.54) is 35.4 Å². The molecule has 0 radical (unpaired) electrons. The standard InChI is InChI=1S/C33H37FN2O4/c34-30-9-5-8-27(18-30)22-36(23-32(37)38)33(39)28-12-13-31-29(19-28)17-25-6-4-7-26(16-25)21-35(20-24-10-11-24)14-2-1-3-15-40-31/h4-9,12-13,16,18-19,24H,1-3,10-11,14-15,17,20-23H2,(H,37,38). The van der Waals surface area contributed by atoms with E-state index in [2.05, 4.69) is 29.2 Å². The second kappa shape index (κ2) is 13.1. The summed E-state index contributed by atoms with van der Waals surface area (Å²) in [5, 5.41) is 9.48. The number of carbonyl (C=O) groups excluding carboxylic acids is 1. The van der Waals surface area contributed by atoms with Gasteiger partial charge >= 0.3 is 5.97 Å². The lowest BCUT2D eigenvalue weighted by atomic mass is 9.99. The van der Waals surface area contributed by atoms with Crippen molar-refractivity contribution in [2.45, 2.75) is 51.6 Å². The van der Waals surface area contributed by atoms with E-state index < -0.39 is 24.2 Å². The minimum Gasteiger partial charge on any atom is -0.493 e. The van der Waals surface area contributed by atoms with Gasteiger partial charge in [-0.15, -0.1) is 0 Å².